The first-order valence-electron chi connectivity index (χ1n) is 10.2. The van der Waals surface area contributed by atoms with Gasteiger partial charge in [0, 0.05) is 34.9 Å². The second-order valence-electron chi connectivity index (χ2n) is 7.16. The van der Waals surface area contributed by atoms with Gasteiger partial charge in [-0.2, -0.15) is 0 Å². The van der Waals surface area contributed by atoms with Gasteiger partial charge in [0.05, 0.1) is 7.11 Å². The molecule has 0 fully saturated rings. The number of halogens is 1. The number of methoxy groups -OCH3 is 1. The van der Waals surface area contributed by atoms with Crippen LogP contribution in [0, 0.1) is 5.82 Å². The number of aliphatic imine (C=N–C) groups is 1. The number of nitrogens with one attached hydrogen (secondary N) is 3. The summed E-state index contributed by atoms with van der Waals surface area (Å²) in [5.74, 6) is 0.0859. The van der Waals surface area contributed by atoms with Crippen LogP contribution in [0.25, 0.3) is 10.9 Å². The average molecular weight is 430 g/mol. The molecule has 7 heteroatoms. The largest absolute Gasteiger partial charge is 0.497 e. The van der Waals surface area contributed by atoms with E-state index in [0.29, 0.717) is 30.0 Å². The first kappa shape index (κ1) is 21.1. The fourth-order valence-electron chi connectivity index (χ4n) is 3.38. The SMILES string of the molecule is COc1cccc(C(=O)NC(=NCCc2c[nH]c3ccccc23)Nc2cccc(F)c2)c1. The highest BCUT2D eigenvalue weighted by atomic mass is 19.1. The van der Waals surface area contributed by atoms with E-state index in [1.165, 1.54) is 12.1 Å². The van der Waals surface area contributed by atoms with E-state index in [2.05, 4.69) is 26.7 Å². The molecule has 1 amide bonds. The van der Waals surface area contributed by atoms with Crippen molar-refractivity contribution in [3.05, 3.63) is 95.9 Å². The summed E-state index contributed by atoms with van der Waals surface area (Å²) in [6, 6.07) is 20.9. The molecule has 0 saturated heterocycles. The number of aromatic nitrogens is 1. The molecule has 0 saturated carbocycles. The number of hydrogen-bond donors (Lipinski definition) is 3. The van der Waals surface area contributed by atoms with E-state index in [0.717, 1.165) is 16.5 Å². The zero-order valence-corrected chi connectivity index (χ0v) is 17.6. The van der Waals surface area contributed by atoms with Gasteiger partial charge in [0.25, 0.3) is 5.91 Å². The summed E-state index contributed by atoms with van der Waals surface area (Å²) in [5, 5.41) is 6.93. The number of carbonyl (C=O) groups excluding carboxylic acids is 1. The molecule has 0 aliphatic carbocycles. The van der Waals surface area contributed by atoms with E-state index < -0.39 is 0 Å². The Labute approximate surface area is 185 Å². The molecule has 32 heavy (non-hydrogen) atoms. The van der Waals surface area contributed by atoms with Crippen LogP contribution in [0.1, 0.15) is 15.9 Å². The molecule has 162 valence electrons. The van der Waals surface area contributed by atoms with Crippen molar-refractivity contribution in [2.24, 2.45) is 4.99 Å². The van der Waals surface area contributed by atoms with Gasteiger partial charge in [-0.1, -0.05) is 30.3 Å². The Bertz CT molecular complexity index is 1270. The van der Waals surface area contributed by atoms with Gasteiger partial charge in [0.15, 0.2) is 0 Å². The van der Waals surface area contributed by atoms with Crippen LogP contribution in [0.3, 0.4) is 0 Å². The maximum Gasteiger partial charge on any atom is 0.258 e. The van der Waals surface area contributed by atoms with Crippen molar-refractivity contribution in [2.75, 3.05) is 19.0 Å². The lowest BCUT2D eigenvalue weighted by Gasteiger charge is -2.12. The van der Waals surface area contributed by atoms with Gasteiger partial charge in [-0.05, 0) is 54.4 Å². The van der Waals surface area contributed by atoms with Crippen molar-refractivity contribution >= 4 is 28.5 Å². The molecule has 1 aromatic heterocycles. The van der Waals surface area contributed by atoms with Gasteiger partial charge in [0.1, 0.15) is 11.6 Å². The number of fused-ring (bicyclic) bond motifs is 1. The van der Waals surface area contributed by atoms with Crippen molar-refractivity contribution in [1.82, 2.24) is 10.3 Å². The molecule has 0 bridgehead atoms. The van der Waals surface area contributed by atoms with Gasteiger partial charge in [-0.3, -0.25) is 15.1 Å². The number of benzene rings is 3. The molecule has 0 atom stereocenters. The summed E-state index contributed by atoms with van der Waals surface area (Å²) >= 11 is 0. The third-order valence-corrected chi connectivity index (χ3v) is 4.98. The molecule has 0 unspecified atom stereocenters. The fraction of sp³-hybridized carbons (Fsp3) is 0.120. The van der Waals surface area contributed by atoms with Crippen LogP contribution in [0.15, 0.2) is 84.0 Å². The summed E-state index contributed by atoms with van der Waals surface area (Å²) < 4.78 is 18.8. The van der Waals surface area contributed by atoms with Crippen LogP contribution < -0.4 is 15.4 Å². The molecule has 1 heterocycles. The van der Waals surface area contributed by atoms with Gasteiger partial charge >= 0.3 is 0 Å². The Kier molecular flexibility index (Phi) is 6.46. The van der Waals surface area contributed by atoms with Gasteiger partial charge in [-0.25, -0.2) is 4.39 Å². The third-order valence-electron chi connectivity index (χ3n) is 4.98. The molecular weight excluding hydrogens is 407 g/mol. The molecule has 4 rings (SSSR count). The quantitative estimate of drug-likeness (QED) is 0.305. The Morgan fingerprint density at radius 3 is 2.75 bits per heavy atom. The molecule has 0 spiro atoms. The zero-order chi connectivity index (χ0) is 22.3. The topological polar surface area (TPSA) is 78.5 Å². The third kappa shape index (κ3) is 5.13. The number of anilines is 1. The van der Waals surface area contributed by atoms with Crippen LogP contribution in [0.5, 0.6) is 5.75 Å². The number of hydrogen-bond acceptors (Lipinski definition) is 3. The molecule has 6 nitrogen and oxygen atoms in total. The number of ether oxygens (including phenoxy) is 1. The number of H-pyrrole nitrogens is 1. The number of guanidine groups is 1. The fourth-order valence-corrected chi connectivity index (χ4v) is 3.38. The van der Waals surface area contributed by atoms with Crippen LogP contribution in [-0.2, 0) is 6.42 Å². The first-order chi connectivity index (χ1) is 15.6. The van der Waals surface area contributed by atoms with Crippen molar-refractivity contribution in [2.45, 2.75) is 6.42 Å². The highest BCUT2D eigenvalue weighted by Gasteiger charge is 2.11. The maximum absolute atomic E-state index is 13.6. The average Bonchev–Trinajstić information content (AvgIpc) is 3.22. The van der Waals surface area contributed by atoms with Crippen LogP contribution in [-0.4, -0.2) is 30.5 Å². The van der Waals surface area contributed by atoms with Crippen LogP contribution >= 0.6 is 0 Å². The molecule has 4 aromatic rings. The molecule has 0 radical (unpaired) electrons. The number of carbonyl (C=O) groups is 1. The summed E-state index contributed by atoms with van der Waals surface area (Å²) in [7, 11) is 1.54. The monoisotopic (exact) mass is 430 g/mol. The Hall–Kier alpha value is -4.13. The second kappa shape index (κ2) is 9.78. The number of rotatable bonds is 6. The minimum absolute atomic E-state index is 0.239. The van der Waals surface area contributed by atoms with Crippen molar-refractivity contribution < 1.29 is 13.9 Å². The molecule has 3 aromatic carbocycles. The normalized spacial score (nSPS) is 11.4. The van der Waals surface area contributed by atoms with Crippen LogP contribution in [0.2, 0.25) is 0 Å². The smallest absolute Gasteiger partial charge is 0.258 e. The minimum Gasteiger partial charge on any atom is -0.497 e. The highest BCUT2D eigenvalue weighted by Crippen LogP contribution is 2.18. The van der Waals surface area contributed by atoms with Gasteiger partial charge in [0.2, 0.25) is 5.96 Å². The minimum atomic E-state index is -0.382. The summed E-state index contributed by atoms with van der Waals surface area (Å²) in [4.78, 5) is 20.6. The Morgan fingerprint density at radius 1 is 1.06 bits per heavy atom. The zero-order valence-electron chi connectivity index (χ0n) is 17.6. The molecule has 0 aliphatic heterocycles. The highest BCUT2D eigenvalue weighted by molar-refractivity contribution is 6.10. The predicted octanol–water partition coefficient (Wildman–Crippen LogP) is 4.76. The standard InChI is InChI=1S/C25H23FN4O2/c1-32-21-9-4-6-17(14-21)24(31)30-25(29-20-8-5-7-19(26)15-20)27-13-12-18-16-28-23-11-3-2-10-22(18)23/h2-11,14-16,28H,12-13H2,1H3,(H2,27,29,30,31). The lowest BCUT2D eigenvalue weighted by atomic mass is 10.1. The summed E-state index contributed by atoms with van der Waals surface area (Å²) in [5.41, 5.74) is 3.11. The van der Waals surface area contributed by atoms with E-state index in [1.807, 2.05) is 24.4 Å². The van der Waals surface area contributed by atoms with Crippen molar-refractivity contribution in [3.63, 3.8) is 0 Å². The van der Waals surface area contributed by atoms with Crippen molar-refractivity contribution in [1.29, 1.82) is 0 Å². The lowest BCUT2D eigenvalue weighted by molar-refractivity contribution is 0.0976. The summed E-state index contributed by atoms with van der Waals surface area (Å²) in [6.45, 7) is 0.428. The van der Waals surface area contributed by atoms with Crippen molar-refractivity contribution in [3.8, 4) is 5.75 Å². The summed E-state index contributed by atoms with van der Waals surface area (Å²) in [6.07, 6.45) is 2.64. The number of nitrogens with zero attached hydrogens (tertiary/aromatic N) is 1. The van der Waals surface area contributed by atoms with Gasteiger partial charge in [-0.15, -0.1) is 0 Å². The lowest BCUT2D eigenvalue weighted by Crippen LogP contribution is -2.36. The second-order valence-corrected chi connectivity index (χ2v) is 7.16. The molecule has 3 N–H and O–H groups in total. The first-order valence-corrected chi connectivity index (χ1v) is 10.2. The van der Waals surface area contributed by atoms with E-state index >= 15 is 0 Å². The molecular formula is C25H23FN4O2. The Morgan fingerprint density at radius 2 is 1.91 bits per heavy atom. The van der Waals surface area contributed by atoms with Gasteiger partial charge < -0.3 is 15.0 Å². The number of amides is 1. The van der Waals surface area contributed by atoms with E-state index in [9.17, 15) is 9.18 Å². The van der Waals surface area contributed by atoms with E-state index in [4.69, 9.17) is 4.74 Å². The van der Waals surface area contributed by atoms with E-state index in [1.54, 1.807) is 43.5 Å². The van der Waals surface area contributed by atoms with Crippen LogP contribution in [0.4, 0.5) is 10.1 Å². The Balaban J connectivity index is 1.52. The molecule has 0 aliphatic rings. The maximum atomic E-state index is 13.6. The number of aromatic amines is 1. The van der Waals surface area contributed by atoms with E-state index in [-0.39, 0.29) is 17.7 Å². The number of para-hydroxylation sites is 1. The predicted molar refractivity (Wildman–Crippen MR) is 125 cm³/mol.